The molecule has 29 heavy (non-hydrogen) atoms. The molecule has 0 bridgehead atoms. The van der Waals surface area contributed by atoms with Crippen molar-refractivity contribution in [1.29, 1.82) is 0 Å². The maximum atomic E-state index is 14.7. The fraction of sp³-hybridized carbons (Fsp3) is 0.250. The zero-order valence-electron chi connectivity index (χ0n) is 15.6. The zero-order valence-corrected chi connectivity index (χ0v) is 15.6. The van der Waals surface area contributed by atoms with Crippen LogP contribution in [-0.4, -0.2) is 62.9 Å². The van der Waals surface area contributed by atoms with Gasteiger partial charge < -0.3 is 14.9 Å². The summed E-state index contributed by atoms with van der Waals surface area (Å²) in [5, 5.41) is 14.0. The van der Waals surface area contributed by atoms with Gasteiger partial charge in [0, 0.05) is 38.6 Å². The van der Waals surface area contributed by atoms with Crippen molar-refractivity contribution in [2.24, 2.45) is 7.05 Å². The van der Waals surface area contributed by atoms with Crippen molar-refractivity contribution in [3.63, 3.8) is 0 Å². The SMILES string of the molecule is Cn1ncc2ccc(-c3cc(F)c(C(=O)N4CCN(C(=O)O)CC4)c(F)c3)cc21. The van der Waals surface area contributed by atoms with E-state index in [4.69, 9.17) is 5.11 Å². The van der Waals surface area contributed by atoms with Gasteiger partial charge in [0.2, 0.25) is 0 Å². The third-order valence-electron chi connectivity index (χ3n) is 5.18. The van der Waals surface area contributed by atoms with Gasteiger partial charge in [-0.25, -0.2) is 13.6 Å². The molecule has 1 N–H and O–H groups in total. The molecule has 1 aliphatic rings. The molecule has 1 aromatic heterocycles. The van der Waals surface area contributed by atoms with Crippen LogP contribution in [0.1, 0.15) is 10.4 Å². The van der Waals surface area contributed by atoms with Crippen LogP contribution in [0.25, 0.3) is 22.0 Å². The molecule has 0 radical (unpaired) electrons. The Labute approximate surface area is 164 Å². The third-order valence-corrected chi connectivity index (χ3v) is 5.18. The third kappa shape index (κ3) is 3.39. The lowest BCUT2D eigenvalue weighted by Crippen LogP contribution is -2.50. The number of fused-ring (bicyclic) bond motifs is 1. The van der Waals surface area contributed by atoms with Crippen molar-refractivity contribution in [2.75, 3.05) is 26.2 Å². The molecule has 1 fully saturated rings. The minimum absolute atomic E-state index is 0.0862. The Morgan fingerprint density at radius 2 is 1.59 bits per heavy atom. The molecule has 4 rings (SSSR count). The van der Waals surface area contributed by atoms with Gasteiger partial charge in [-0.3, -0.25) is 9.48 Å². The van der Waals surface area contributed by atoms with E-state index in [1.54, 1.807) is 30.1 Å². The Morgan fingerprint density at radius 3 is 2.21 bits per heavy atom. The molecule has 7 nitrogen and oxygen atoms in total. The van der Waals surface area contributed by atoms with E-state index in [1.807, 2.05) is 6.07 Å². The van der Waals surface area contributed by atoms with Crippen LogP contribution in [0.4, 0.5) is 13.6 Å². The number of carbonyl (C=O) groups excluding carboxylic acids is 1. The van der Waals surface area contributed by atoms with Crippen LogP contribution in [0.3, 0.4) is 0 Å². The summed E-state index contributed by atoms with van der Waals surface area (Å²) in [4.78, 5) is 26.0. The minimum Gasteiger partial charge on any atom is -0.465 e. The second-order valence-corrected chi connectivity index (χ2v) is 6.92. The molecule has 0 aliphatic carbocycles. The summed E-state index contributed by atoms with van der Waals surface area (Å²) < 4.78 is 31.1. The van der Waals surface area contributed by atoms with Gasteiger partial charge in [0.05, 0.1) is 11.7 Å². The summed E-state index contributed by atoms with van der Waals surface area (Å²) in [7, 11) is 1.78. The lowest BCUT2D eigenvalue weighted by Gasteiger charge is -2.33. The average Bonchev–Trinajstić information content (AvgIpc) is 3.07. The standard InChI is InChI=1S/C20H18F2N4O3/c1-24-17-10-12(2-3-13(17)11-23-24)14-8-15(21)18(16(22)9-14)19(27)25-4-6-26(7-5-25)20(28)29/h2-3,8-11H,4-7H2,1H3,(H,28,29). The topological polar surface area (TPSA) is 78.7 Å². The van der Waals surface area contributed by atoms with Gasteiger partial charge in [0.25, 0.3) is 5.91 Å². The van der Waals surface area contributed by atoms with E-state index >= 15 is 0 Å². The van der Waals surface area contributed by atoms with Crippen LogP contribution in [0.15, 0.2) is 36.5 Å². The lowest BCUT2D eigenvalue weighted by atomic mass is 10.0. The van der Waals surface area contributed by atoms with Gasteiger partial charge in [-0.05, 0) is 29.3 Å². The minimum atomic E-state index is -1.08. The number of halogens is 2. The fourth-order valence-electron chi connectivity index (χ4n) is 3.53. The van der Waals surface area contributed by atoms with Crippen LogP contribution in [0.2, 0.25) is 0 Å². The maximum Gasteiger partial charge on any atom is 0.407 e. The van der Waals surface area contributed by atoms with Gasteiger partial charge >= 0.3 is 6.09 Å². The van der Waals surface area contributed by atoms with Gasteiger partial charge in [-0.2, -0.15) is 5.10 Å². The second-order valence-electron chi connectivity index (χ2n) is 6.92. The molecule has 150 valence electrons. The Balaban J connectivity index is 1.62. The van der Waals surface area contributed by atoms with Crippen LogP contribution in [-0.2, 0) is 7.05 Å². The first-order valence-electron chi connectivity index (χ1n) is 9.03. The first-order chi connectivity index (χ1) is 13.8. The van der Waals surface area contributed by atoms with Crippen molar-refractivity contribution >= 4 is 22.9 Å². The Hall–Kier alpha value is -3.49. The molecule has 0 saturated carbocycles. The van der Waals surface area contributed by atoms with E-state index in [9.17, 15) is 18.4 Å². The first kappa shape index (κ1) is 18.9. The molecule has 2 amide bonds. The number of hydrogen-bond acceptors (Lipinski definition) is 3. The summed E-state index contributed by atoms with van der Waals surface area (Å²) in [6.07, 6.45) is 0.621. The van der Waals surface area contributed by atoms with Crippen molar-refractivity contribution in [2.45, 2.75) is 0 Å². The van der Waals surface area contributed by atoms with Crippen LogP contribution >= 0.6 is 0 Å². The van der Waals surface area contributed by atoms with Crippen molar-refractivity contribution < 1.29 is 23.5 Å². The fourth-order valence-corrected chi connectivity index (χ4v) is 3.53. The Kier molecular flexibility index (Phi) is 4.65. The molecular weight excluding hydrogens is 382 g/mol. The van der Waals surface area contributed by atoms with Crippen LogP contribution < -0.4 is 0 Å². The smallest absolute Gasteiger partial charge is 0.407 e. The first-order valence-corrected chi connectivity index (χ1v) is 9.03. The molecule has 3 aromatic rings. The Bertz CT molecular complexity index is 1100. The molecule has 9 heteroatoms. The highest BCUT2D eigenvalue weighted by molar-refractivity contribution is 5.95. The Morgan fingerprint density at radius 1 is 0.966 bits per heavy atom. The number of carbonyl (C=O) groups is 2. The van der Waals surface area contributed by atoms with E-state index in [1.165, 1.54) is 4.90 Å². The summed E-state index contributed by atoms with van der Waals surface area (Å²) in [6.45, 7) is 0.381. The summed E-state index contributed by atoms with van der Waals surface area (Å²) in [5.41, 5.74) is 1.11. The number of piperazine rings is 1. The van der Waals surface area contributed by atoms with Gasteiger partial charge in [0.1, 0.15) is 17.2 Å². The maximum absolute atomic E-state index is 14.7. The summed E-state index contributed by atoms with van der Waals surface area (Å²) >= 11 is 0. The highest BCUT2D eigenvalue weighted by Crippen LogP contribution is 2.28. The average molecular weight is 400 g/mol. The van der Waals surface area contributed by atoms with E-state index in [2.05, 4.69) is 5.10 Å². The largest absolute Gasteiger partial charge is 0.465 e. The summed E-state index contributed by atoms with van der Waals surface area (Å²) in [6, 6.07) is 7.62. The molecule has 1 saturated heterocycles. The van der Waals surface area contributed by atoms with Gasteiger partial charge in [-0.15, -0.1) is 0 Å². The predicted octanol–water partition coefficient (Wildman–Crippen LogP) is 2.95. The highest BCUT2D eigenvalue weighted by atomic mass is 19.1. The quantitative estimate of drug-likeness (QED) is 0.718. The predicted molar refractivity (Wildman–Crippen MR) is 102 cm³/mol. The lowest BCUT2D eigenvalue weighted by molar-refractivity contribution is 0.0616. The number of carboxylic acid groups (broad SMARTS) is 1. The number of amides is 2. The monoisotopic (exact) mass is 400 g/mol. The number of aryl methyl sites for hydroxylation is 1. The van der Waals surface area contributed by atoms with Crippen LogP contribution in [0.5, 0.6) is 0 Å². The number of hydrogen-bond donors (Lipinski definition) is 1. The number of rotatable bonds is 2. The number of nitrogens with zero attached hydrogens (tertiary/aromatic N) is 4. The van der Waals surface area contributed by atoms with E-state index in [0.717, 1.165) is 27.9 Å². The van der Waals surface area contributed by atoms with Gasteiger partial charge in [-0.1, -0.05) is 12.1 Å². The molecule has 0 atom stereocenters. The highest BCUT2D eigenvalue weighted by Gasteiger charge is 2.28. The zero-order chi connectivity index (χ0) is 20.7. The second kappa shape index (κ2) is 7.16. The molecule has 2 heterocycles. The summed E-state index contributed by atoms with van der Waals surface area (Å²) in [5.74, 6) is -2.68. The van der Waals surface area contributed by atoms with Crippen molar-refractivity contribution in [3.05, 3.63) is 53.7 Å². The van der Waals surface area contributed by atoms with Crippen molar-refractivity contribution in [3.8, 4) is 11.1 Å². The normalized spacial score (nSPS) is 14.4. The van der Waals surface area contributed by atoms with Crippen LogP contribution in [0, 0.1) is 11.6 Å². The molecular formula is C20H18F2N4O3. The number of aromatic nitrogens is 2. The van der Waals surface area contributed by atoms with E-state index < -0.39 is 29.2 Å². The number of benzene rings is 2. The van der Waals surface area contributed by atoms with Crippen molar-refractivity contribution in [1.82, 2.24) is 19.6 Å². The molecule has 0 unspecified atom stereocenters. The van der Waals surface area contributed by atoms with E-state index in [0.29, 0.717) is 11.1 Å². The van der Waals surface area contributed by atoms with Gasteiger partial charge in [0.15, 0.2) is 0 Å². The molecule has 0 spiro atoms. The molecule has 2 aromatic carbocycles. The van der Waals surface area contributed by atoms with E-state index in [-0.39, 0.29) is 26.2 Å². The molecule has 1 aliphatic heterocycles.